The molecule has 1 saturated heterocycles. The van der Waals surface area contributed by atoms with E-state index in [2.05, 4.69) is 10.6 Å². The minimum Gasteiger partial charge on any atom is -0.481 e. The molecule has 3 N–H and O–H groups in total. The highest BCUT2D eigenvalue weighted by molar-refractivity contribution is 5.97. The zero-order valence-electron chi connectivity index (χ0n) is 14.4. The van der Waals surface area contributed by atoms with Gasteiger partial charge in [-0.1, -0.05) is 6.07 Å². The predicted octanol–water partition coefficient (Wildman–Crippen LogP) is 1.53. The molecule has 0 bridgehead atoms. The number of aliphatic carboxylic acids is 1. The number of anilines is 1. The Balaban J connectivity index is 2.13. The lowest BCUT2D eigenvalue weighted by Gasteiger charge is -2.36. The van der Waals surface area contributed by atoms with Crippen LogP contribution in [-0.4, -0.2) is 60.8 Å². The molecule has 0 spiro atoms. The Morgan fingerprint density at radius 2 is 1.92 bits per heavy atom. The standard InChI is InChI=1S/C17H23N3O5/c1-20(2)16(24)18-13-5-3-4-12(10-13)15(23)19-17(11-14(21)22)6-8-25-9-7-17/h3-5,10H,6-9,11H2,1-2H3,(H,18,24)(H,19,23)(H,21,22). The van der Waals surface area contributed by atoms with Crippen molar-refractivity contribution in [2.75, 3.05) is 32.6 Å². The lowest BCUT2D eigenvalue weighted by molar-refractivity contribution is -0.139. The minimum absolute atomic E-state index is 0.154. The van der Waals surface area contributed by atoms with Gasteiger partial charge in [-0.25, -0.2) is 4.79 Å². The fourth-order valence-electron chi connectivity index (χ4n) is 2.68. The number of nitrogens with one attached hydrogen (secondary N) is 2. The second-order valence-electron chi connectivity index (χ2n) is 6.32. The van der Waals surface area contributed by atoms with E-state index in [-0.39, 0.29) is 18.4 Å². The number of amides is 3. The fourth-order valence-corrected chi connectivity index (χ4v) is 2.68. The summed E-state index contributed by atoms with van der Waals surface area (Å²) in [7, 11) is 3.24. The number of nitrogens with zero attached hydrogens (tertiary/aromatic N) is 1. The molecule has 8 heteroatoms. The van der Waals surface area contributed by atoms with Crippen LogP contribution in [0, 0.1) is 0 Å². The van der Waals surface area contributed by atoms with Crippen LogP contribution in [0.3, 0.4) is 0 Å². The fraction of sp³-hybridized carbons (Fsp3) is 0.471. The van der Waals surface area contributed by atoms with Crippen LogP contribution in [0.4, 0.5) is 10.5 Å². The molecule has 2 rings (SSSR count). The first kappa shape index (κ1) is 18.7. The van der Waals surface area contributed by atoms with Crippen LogP contribution in [0.1, 0.15) is 29.6 Å². The van der Waals surface area contributed by atoms with Gasteiger partial charge in [-0.15, -0.1) is 0 Å². The van der Waals surface area contributed by atoms with E-state index < -0.39 is 11.5 Å². The first-order valence-corrected chi connectivity index (χ1v) is 8.02. The third-order valence-electron chi connectivity index (χ3n) is 4.10. The van der Waals surface area contributed by atoms with Gasteiger partial charge in [-0.2, -0.15) is 0 Å². The summed E-state index contributed by atoms with van der Waals surface area (Å²) < 4.78 is 5.28. The van der Waals surface area contributed by atoms with Gasteiger partial charge in [0.05, 0.1) is 12.0 Å². The Bertz CT molecular complexity index is 653. The number of carbonyl (C=O) groups is 3. The van der Waals surface area contributed by atoms with Crippen molar-refractivity contribution in [3.05, 3.63) is 29.8 Å². The van der Waals surface area contributed by atoms with Crippen molar-refractivity contribution in [3.63, 3.8) is 0 Å². The van der Waals surface area contributed by atoms with Crippen molar-refractivity contribution >= 4 is 23.6 Å². The lowest BCUT2D eigenvalue weighted by atomic mass is 9.86. The summed E-state index contributed by atoms with van der Waals surface area (Å²) in [5.74, 6) is -1.33. The second-order valence-corrected chi connectivity index (χ2v) is 6.32. The van der Waals surface area contributed by atoms with Gasteiger partial charge in [0.1, 0.15) is 0 Å². The number of benzene rings is 1. The number of ether oxygens (including phenoxy) is 1. The summed E-state index contributed by atoms with van der Waals surface area (Å²) in [6, 6.07) is 6.22. The minimum atomic E-state index is -0.964. The number of hydrogen-bond acceptors (Lipinski definition) is 4. The number of carboxylic acids is 1. The molecule has 1 fully saturated rings. The lowest BCUT2D eigenvalue weighted by Crippen LogP contribution is -2.53. The molecule has 8 nitrogen and oxygen atoms in total. The van der Waals surface area contributed by atoms with Crippen molar-refractivity contribution in [2.45, 2.75) is 24.8 Å². The molecule has 1 aromatic carbocycles. The quantitative estimate of drug-likeness (QED) is 0.747. The highest BCUT2D eigenvalue weighted by atomic mass is 16.5. The van der Waals surface area contributed by atoms with E-state index in [0.717, 1.165) is 0 Å². The predicted molar refractivity (Wildman–Crippen MR) is 91.7 cm³/mol. The average Bonchev–Trinajstić information content (AvgIpc) is 2.55. The van der Waals surface area contributed by atoms with Crippen LogP contribution in [0.2, 0.25) is 0 Å². The van der Waals surface area contributed by atoms with Gasteiger partial charge in [0.25, 0.3) is 5.91 Å². The van der Waals surface area contributed by atoms with E-state index in [4.69, 9.17) is 9.84 Å². The van der Waals surface area contributed by atoms with Gasteiger partial charge in [0.2, 0.25) is 0 Å². The van der Waals surface area contributed by atoms with Crippen molar-refractivity contribution < 1.29 is 24.2 Å². The maximum Gasteiger partial charge on any atom is 0.321 e. The Kier molecular flexibility index (Phi) is 5.97. The van der Waals surface area contributed by atoms with Gasteiger partial charge in [0.15, 0.2) is 0 Å². The molecule has 1 aromatic rings. The van der Waals surface area contributed by atoms with Crippen molar-refractivity contribution in [3.8, 4) is 0 Å². The van der Waals surface area contributed by atoms with E-state index in [9.17, 15) is 14.4 Å². The number of urea groups is 1. The Hall–Kier alpha value is -2.61. The van der Waals surface area contributed by atoms with Gasteiger partial charge in [-0.3, -0.25) is 9.59 Å². The van der Waals surface area contributed by atoms with Crippen LogP contribution < -0.4 is 10.6 Å². The van der Waals surface area contributed by atoms with E-state index in [0.29, 0.717) is 37.3 Å². The summed E-state index contributed by atoms with van der Waals surface area (Å²) >= 11 is 0. The molecular formula is C17H23N3O5. The largest absolute Gasteiger partial charge is 0.481 e. The maximum atomic E-state index is 12.6. The summed E-state index contributed by atoms with van der Waals surface area (Å²) in [5.41, 5.74) is 0.0303. The normalized spacial score (nSPS) is 15.9. The SMILES string of the molecule is CN(C)C(=O)Nc1cccc(C(=O)NC2(CC(=O)O)CCOCC2)c1. The molecule has 1 aliphatic rings. The molecule has 136 valence electrons. The van der Waals surface area contributed by atoms with Crippen LogP contribution in [0.25, 0.3) is 0 Å². The third kappa shape index (κ3) is 5.18. The van der Waals surface area contributed by atoms with Crippen molar-refractivity contribution in [1.82, 2.24) is 10.2 Å². The summed E-state index contributed by atoms with van der Waals surface area (Å²) in [6.45, 7) is 0.818. The molecule has 0 atom stereocenters. The van der Waals surface area contributed by atoms with Gasteiger partial charge >= 0.3 is 12.0 Å². The van der Waals surface area contributed by atoms with Crippen LogP contribution >= 0.6 is 0 Å². The van der Waals surface area contributed by atoms with E-state index in [1.54, 1.807) is 38.4 Å². The topological polar surface area (TPSA) is 108 Å². The van der Waals surface area contributed by atoms with Gasteiger partial charge in [0, 0.05) is 38.6 Å². The Morgan fingerprint density at radius 3 is 2.52 bits per heavy atom. The van der Waals surface area contributed by atoms with Crippen molar-refractivity contribution in [2.24, 2.45) is 0 Å². The zero-order chi connectivity index (χ0) is 18.4. The van der Waals surface area contributed by atoms with E-state index >= 15 is 0 Å². The molecule has 0 saturated carbocycles. The first-order valence-electron chi connectivity index (χ1n) is 8.02. The molecule has 1 aliphatic heterocycles. The second kappa shape index (κ2) is 7.98. The number of carbonyl (C=O) groups excluding carboxylic acids is 2. The molecule has 0 unspecified atom stereocenters. The van der Waals surface area contributed by atoms with Crippen molar-refractivity contribution in [1.29, 1.82) is 0 Å². The summed E-state index contributed by atoms with van der Waals surface area (Å²) in [6.07, 6.45) is 0.739. The molecule has 0 aliphatic carbocycles. The van der Waals surface area contributed by atoms with Gasteiger partial charge < -0.3 is 25.4 Å². The molecule has 0 radical (unpaired) electrons. The molecule has 25 heavy (non-hydrogen) atoms. The smallest absolute Gasteiger partial charge is 0.321 e. The number of rotatable bonds is 5. The zero-order valence-corrected chi connectivity index (χ0v) is 14.4. The average molecular weight is 349 g/mol. The number of hydrogen-bond donors (Lipinski definition) is 3. The molecule has 0 aromatic heterocycles. The van der Waals surface area contributed by atoms with Crippen LogP contribution in [0.5, 0.6) is 0 Å². The summed E-state index contributed by atoms with van der Waals surface area (Å²) in [5, 5.41) is 14.7. The molecule has 3 amide bonds. The molecular weight excluding hydrogens is 326 g/mol. The van der Waals surface area contributed by atoms with Gasteiger partial charge in [-0.05, 0) is 31.0 Å². The highest BCUT2D eigenvalue weighted by Crippen LogP contribution is 2.25. The maximum absolute atomic E-state index is 12.6. The van der Waals surface area contributed by atoms with E-state index in [1.807, 2.05) is 0 Å². The Morgan fingerprint density at radius 1 is 1.24 bits per heavy atom. The van der Waals surface area contributed by atoms with E-state index in [1.165, 1.54) is 4.90 Å². The monoisotopic (exact) mass is 349 g/mol. The Labute approximate surface area is 146 Å². The van der Waals surface area contributed by atoms with Crippen LogP contribution in [0.15, 0.2) is 24.3 Å². The highest BCUT2D eigenvalue weighted by Gasteiger charge is 2.36. The van der Waals surface area contributed by atoms with Crippen LogP contribution in [-0.2, 0) is 9.53 Å². The summed E-state index contributed by atoms with van der Waals surface area (Å²) in [4.78, 5) is 36.9. The first-order chi connectivity index (χ1) is 11.8. The third-order valence-corrected chi connectivity index (χ3v) is 4.10. The molecule has 1 heterocycles. The number of carboxylic acid groups (broad SMARTS) is 1.